The molecule has 0 saturated heterocycles. The lowest BCUT2D eigenvalue weighted by atomic mass is 9.97. The normalized spacial score (nSPS) is 13.0. The largest absolute Gasteiger partial charge is 0.514 e. The third kappa shape index (κ3) is 11.4. The maximum absolute atomic E-state index is 12.4. The molecule has 2 N–H and O–H groups in total. The minimum Gasteiger partial charge on any atom is -0.461 e. The van der Waals surface area contributed by atoms with E-state index in [1.807, 2.05) is 0 Å². The monoisotopic (exact) mass is 511 g/mol. The second-order valence-electron chi connectivity index (χ2n) is 9.73. The molecule has 11 heteroatoms. The molecule has 0 aliphatic heterocycles. The first-order chi connectivity index (χ1) is 16.6. The summed E-state index contributed by atoms with van der Waals surface area (Å²) in [4.78, 5) is 48.2. The van der Waals surface area contributed by atoms with Gasteiger partial charge in [0, 0.05) is 0 Å². The lowest BCUT2D eigenvalue weighted by Crippen LogP contribution is -2.37. The Morgan fingerprint density at radius 1 is 0.833 bits per heavy atom. The van der Waals surface area contributed by atoms with Gasteiger partial charge in [-0.2, -0.15) is 0 Å². The Labute approximate surface area is 211 Å². The van der Waals surface area contributed by atoms with Gasteiger partial charge in [-0.1, -0.05) is 6.07 Å². The van der Waals surface area contributed by atoms with Crippen LogP contribution < -0.4 is 15.2 Å². The van der Waals surface area contributed by atoms with Crippen LogP contribution in [-0.2, 0) is 35.0 Å². The van der Waals surface area contributed by atoms with Crippen molar-refractivity contribution in [3.63, 3.8) is 0 Å². The lowest BCUT2D eigenvalue weighted by molar-refractivity contribution is -0.165. The van der Waals surface area contributed by atoms with Crippen molar-refractivity contribution in [1.29, 1.82) is 0 Å². The molecular formula is C25H37NO10. The third-order valence-corrected chi connectivity index (χ3v) is 4.20. The van der Waals surface area contributed by atoms with E-state index in [0.717, 1.165) is 0 Å². The van der Waals surface area contributed by atoms with Crippen LogP contribution in [0.5, 0.6) is 11.5 Å². The zero-order valence-electron chi connectivity index (χ0n) is 22.1. The Balaban J connectivity index is 2.88. The van der Waals surface area contributed by atoms with Crippen molar-refractivity contribution in [2.45, 2.75) is 86.2 Å². The molecular weight excluding hydrogens is 474 g/mol. The summed E-state index contributed by atoms with van der Waals surface area (Å²) in [6.45, 7) is 13.2. The van der Waals surface area contributed by atoms with Crippen LogP contribution in [0.3, 0.4) is 0 Å². The average molecular weight is 512 g/mol. The van der Waals surface area contributed by atoms with Gasteiger partial charge in [0.1, 0.15) is 18.8 Å². The smallest absolute Gasteiger partial charge is 0.461 e. The highest BCUT2D eigenvalue weighted by atomic mass is 16.7. The number of nitrogens with two attached hydrogens (primary N) is 1. The van der Waals surface area contributed by atoms with Crippen molar-refractivity contribution in [2.75, 3.05) is 6.61 Å². The van der Waals surface area contributed by atoms with Crippen molar-refractivity contribution in [1.82, 2.24) is 0 Å². The van der Waals surface area contributed by atoms with E-state index in [-0.39, 0.29) is 24.5 Å². The highest BCUT2D eigenvalue weighted by Crippen LogP contribution is 2.30. The number of carbonyl (C=O) groups is 4. The summed E-state index contributed by atoms with van der Waals surface area (Å²) in [5.41, 5.74) is 5.78. The molecule has 0 radical (unpaired) electrons. The van der Waals surface area contributed by atoms with Gasteiger partial charge in [-0.25, -0.2) is 9.59 Å². The van der Waals surface area contributed by atoms with Crippen molar-refractivity contribution in [3.8, 4) is 11.5 Å². The Morgan fingerprint density at radius 3 is 1.86 bits per heavy atom. The topological polar surface area (TPSA) is 150 Å². The van der Waals surface area contributed by atoms with E-state index in [1.165, 1.54) is 12.1 Å². The summed E-state index contributed by atoms with van der Waals surface area (Å²) in [7, 11) is 0. The molecule has 1 aromatic rings. The molecule has 0 amide bonds. The summed E-state index contributed by atoms with van der Waals surface area (Å²) in [6, 6.07) is 3.24. The van der Waals surface area contributed by atoms with Crippen LogP contribution in [0.15, 0.2) is 18.2 Å². The molecule has 11 nitrogen and oxygen atoms in total. The summed E-state index contributed by atoms with van der Waals surface area (Å²) < 4.78 is 30.7. The van der Waals surface area contributed by atoms with Gasteiger partial charge in [-0.15, -0.1) is 0 Å². The third-order valence-electron chi connectivity index (χ3n) is 4.20. The van der Waals surface area contributed by atoms with Crippen LogP contribution in [0.4, 0.5) is 9.59 Å². The fourth-order valence-corrected chi connectivity index (χ4v) is 2.49. The van der Waals surface area contributed by atoms with E-state index >= 15 is 0 Å². The van der Waals surface area contributed by atoms with Gasteiger partial charge in [-0.05, 0) is 79.5 Å². The second kappa shape index (κ2) is 13.7. The van der Waals surface area contributed by atoms with Gasteiger partial charge in [0.15, 0.2) is 11.5 Å². The van der Waals surface area contributed by atoms with Crippen molar-refractivity contribution >= 4 is 24.2 Å². The van der Waals surface area contributed by atoms with Gasteiger partial charge < -0.3 is 34.2 Å². The van der Waals surface area contributed by atoms with Crippen molar-refractivity contribution < 1.29 is 47.6 Å². The standard InChI is InChI=1S/C25H37NO10/c1-14(2)32-23(29)35-19-10-9-17(12-20(19)36-24(30)33-15(3)4)11-18(26)21(27)31-13-16(5)34-22(28)25(6,7)8/h9-10,12,14-16,18H,11,13,26H2,1-8H3/t16-,18-/m0/s1. The SMILES string of the molecule is CC(C)OC(=O)Oc1ccc(C[C@H](N)C(=O)OC[C@H](C)OC(=O)C(C)(C)C)cc1OC(=O)OC(C)C. The maximum atomic E-state index is 12.4. The average Bonchev–Trinajstić information content (AvgIpc) is 2.71. The predicted molar refractivity (Wildman–Crippen MR) is 129 cm³/mol. The van der Waals surface area contributed by atoms with E-state index in [1.54, 1.807) is 61.5 Å². The van der Waals surface area contributed by atoms with Crippen LogP contribution in [0, 0.1) is 5.41 Å². The zero-order chi connectivity index (χ0) is 27.6. The van der Waals surface area contributed by atoms with E-state index in [2.05, 4.69) is 0 Å². The molecule has 0 unspecified atom stereocenters. The molecule has 0 heterocycles. The zero-order valence-corrected chi connectivity index (χ0v) is 22.1. The number of hydrogen-bond acceptors (Lipinski definition) is 11. The number of rotatable bonds is 10. The number of esters is 2. The van der Waals surface area contributed by atoms with Crippen LogP contribution in [0.25, 0.3) is 0 Å². The van der Waals surface area contributed by atoms with Gasteiger partial charge in [-0.3, -0.25) is 9.59 Å². The fraction of sp³-hybridized carbons (Fsp3) is 0.600. The molecule has 36 heavy (non-hydrogen) atoms. The van der Waals surface area contributed by atoms with Gasteiger partial charge in [0.25, 0.3) is 0 Å². The molecule has 0 spiro atoms. The highest BCUT2D eigenvalue weighted by molar-refractivity contribution is 5.77. The molecule has 0 aliphatic rings. The van der Waals surface area contributed by atoms with Gasteiger partial charge >= 0.3 is 24.2 Å². The fourth-order valence-electron chi connectivity index (χ4n) is 2.49. The van der Waals surface area contributed by atoms with E-state index < -0.39 is 54.0 Å². The predicted octanol–water partition coefficient (Wildman–Crippen LogP) is 3.93. The van der Waals surface area contributed by atoms with Gasteiger partial charge in [0.05, 0.1) is 17.6 Å². The summed E-state index contributed by atoms with van der Waals surface area (Å²) in [5.74, 6) is -1.34. The molecule has 0 fully saturated rings. The first kappa shape index (κ1) is 30.7. The van der Waals surface area contributed by atoms with Gasteiger partial charge in [0.2, 0.25) is 0 Å². The second-order valence-corrected chi connectivity index (χ2v) is 9.73. The molecule has 0 aromatic heterocycles. The first-order valence-electron chi connectivity index (χ1n) is 11.6. The summed E-state index contributed by atoms with van der Waals surface area (Å²) in [6.07, 6.45) is -3.49. The Bertz CT molecular complexity index is 920. The number of carbonyl (C=O) groups excluding carboxylic acids is 4. The quantitative estimate of drug-likeness (QED) is 0.276. The lowest BCUT2D eigenvalue weighted by Gasteiger charge is -2.21. The molecule has 2 atom stereocenters. The van der Waals surface area contributed by atoms with E-state index in [0.29, 0.717) is 5.56 Å². The Hall–Kier alpha value is -3.34. The van der Waals surface area contributed by atoms with Crippen molar-refractivity contribution in [3.05, 3.63) is 23.8 Å². The molecule has 0 saturated carbocycles. The summed E-state index contributed by atoms with van der Waals surface area (Å²) in [5, 5.41) is 0. The summed E-state index contributed by atoms with van der Waals surface area (Å²) >= 11 is 0. The highest BCUT2D eigenvalue weighted by Gasteiger charge is 2.26. The number of benzene rings is 1. The van der Waals surface area contributed by atoms with E-state index in [4.69, 9.17) is 34.2 Å². The van der Waals surface area contributed by atoms with Crippen LogP contribution in [0.1, 0.15) is 61.0 Å². The van der Waals surface area contributed by atoms with Crippen LogP contribution in [-0.4, -0.2) is 55.2 Å². The molecule has 1 rings (SSSR count). The molecule has 0 bridgehead atoms. The van der Waals surface area contributed by atoms with Crippen molar-refractivity contribution in [2.24, 2.45) is 11.1 Å². The Morgan fingerprint density at radius 2 is 1.36 bits per heavy atom. The van der Waals surface area contributed by atoms with Crippen LogP contribution >= 0.6 is 0 Å². The minimum atomic E-state index is -1.07. The maximum Gasteiger partial charge on any atom is 0.514 e. The minimum absolute atomic E-state index is 0.0152. The van der Waals surface area contributed by atoms with Crippen LogP contribution in [0.2, 0.25) is 0 Å². The molecule has 0 aliphatic carbocycles. The first-order valence-corrected chi connectivity index (χ1v) is 11.6. The number of hydrogen-bond donors (Lipinski definition) is 1. The number of ether oxygens (including phenoxy) is 6. The molecule has 202 valence electrons. The van der Waals surface area contributed by atoms with E-state index in [9.17, 15) is 19.2 Å². The Kier molecular flexibility index (Phi) is 11.7. The molecule has 1 aromatic carbocycles.